The van der Waals surface area contributed by atoms with Crippen molar-refractivity contribution in [1.82, 2.24) is 5.32 Å². The Bertz CT molecular complexity index is 410. The van der Waals surface area contributed by atoms with Gasteiger partial charge >= 0.3 is 8.80 Å². The highest BCUT2D eigenvalue weighted by Crippen LogP contribution is 2.17. The monoisotopic (exact) mass is 325 g/mol. The smallest absolute Gasteiger partial charge is 0.374 e. The molecule has 0 spiro atoms. The topological polar surface area (TPSA) is 56.8 Å². The van der Waals surface area contributed by atoms with Crippen molar-refractivity contribution in [2.45, 2.75) is 33.2 Å². The highest BCUT2D eigenvalue weighted by atomic mass is 28.4. The Morgan fingerprint density at radius 1 is 1.00 bits per heavy atom. The van der Waals surface area contributed by atoms with Crippen LogP contribution in [0.3, 0.4) is 0 Å². The average Bonchev–Trinajstić information content (AvgIpc) is 2.53. The molecule has 0 aliphatic heterocycles. The number of carbonyl (C=O) groups is 1. The van der Waals surface area contributed by atoms with Gasteiger partial charge in [0.2, 0.25) is 0 Å². The molecule has 0 heterocycles. The van der Waals surface area contributed by atoms with Crippen LogP contribution in [0.15, 0.2) is 30.3 Å². The van der Waals surface area contributed by atoms with Crippen LogP contribution in [0.2, 0.25) is 6.04 Å². The Morgan fingerprint density at radius 3 is 2.05 bits per heavy atom. The van der Waals surface area contributed by atoms with Crippen LogP contribution in [0.25, 0.3) is 0 Å². The van der Waals surface area contributed by atoms with Crippen molar-refractivity contribution >= 4 is 14.7 Å². The fourth-order valence-electron chi connectivity index (χ4n) is 2.20. The summed E-state index contributed by atoms with van der Waals surface area (Å²) in [5.41, 5.74) is 0.672. The van der Waals surface area contributed by atoms with Crippen molar-refractivity contribution in [1.29, 1.82) is 0 Å². The van der Waals surface area contributed by atoms with E-state index >= 15 is 0 Å². The zero-order valence-corrected chi connectivity index (χ0v) is 14.8. The molecular weight excluding hydrogens is 298 g/mol. The van der Waals surface area contributed by atoms with Crippen LogP contribution in [-0.4, -0.2) is 41.1 Å². The normalized spacial score (nSPS) is 11.4. The van der Waals surface area contributed by atoms with Gasteiger partial charge in [-0.1, -0.05) is 18.2 Å². The molecule has 1 aromatic rings. The molecule has 1 rings (SSSR count). The van der Waals surface area contributed by atoms with Crippen LogP contribution in [0.4, 0.5) is 0 Å². The lowest BCUT2D eigenvalue weighted by atomic mass is 10.2. The van der Waals surface area contributed by atoms with E-state index in [1.807, 2.05) is 39.0 Å². The first-order chi connectivity index (χ1) is 10.7. The SMILES string of the molecule is CCO[Si](CCCNC(=O)c1ccccc1)(OCC)OCC. The van der Waals surface area contributed by atoms with Gasteiger partial charge in [0.25, 0.3) is 5.91 Å². The maximum Gasteiger partial charge on any atom is 0.500 e. The highest BCUT2D eigenvalue weighted by molar-refractivity contribution is 6.60. The van der Waals surface area contributed by atoms with E-state index in [4.69, 9.17) is 13.3 Å². The fraction of sp³-hybridized carbons (Fsp3) is 0.562. The summed E-state index contributed by atoms with van der Waals surface area (Å²) in [5.74, 6) is -0.0582. The van der Waals surface area contributed by atoms with Crippen molar-refractivity contribution in [3.63, 3.8) is 0 Å². The number of hydrogen-bond acceptors (Lipinski definition) is 4. The minimum atomic E-state index is -2.60. The molecule has 0 aliphatic carbocycles. The summed E-state index contributed by atoms with van der Waals surface area (Å²) in [6, 6.07) is 9.91. The van der Waals surface area contributed by atoms with Gasteiger partial charge in [-0.2, -0.15) is 0 Å². The molecule has 22 heavy (non-hydrogen) atoms. The number of hydrogen-bond donors (Lipinski definition) is 1. The van der Waals surface area contributed by atoms with E-state index in [0.717, 1.165) is 6.42 Å². The van der Waals surface area contributed by atoms with Crippen molar-refractivity contribution in [3.05, 3.63) is 35.9 Å². The second-order valence-corrected chi connectivity index (χ2v) is 7.44. The number of rotatable bonds is 11. The van der Waals surface area contributed by atoms with Crippen LogP contribution in [0, 0.1) is 0 Å². The maximum atomic E-state index is 12.0. The Morgan fingerprint density at radius 2 is 1.55 bits per heavy atom. The molecule has 0 bridgehead atoms. The summed E-state index contributed by atoms with van der Waals surface area (Å²) in [6.45, 7) is 8.12. The van der Waals surface area contributed by atoms with Gasteiger partial charge in [-0.05, 0) is 39.3 Å². The Hall–Kier alpha value is -1.21. The minimum absolute atomic E-state index is 0.0582. The highest BCUT2D eigenvalue weighted by Gasteiger charge is 2.39. The Labute approximate surface area is 134 Å². The largest absolute Gasteiger partial charge is 0.500 e. The summed E-state index contributed by atoms with van der Waals surface area (Å²) in [4.78, 5) is 12.0. The van der Waals surface area contributed by atoms with Gasteiger partial charge in [-0.15, -0.1) is 0 Å². The van der Waals surface area contributed by atoms with Gasteiger partial charge in [0, 0.05) is 38.0 Å². The molecule has 6 heteroatoms. The summed E-state index contributed by atoms with van der Waals surface area (Å²) in [7, 11) is -2.60. The van der Waals surface area contributed by atoms with Crippen molar-refractivity contribution < 1.29 is 18.1 Å². The van der Waals surface area contributed by atoms with Gasteiger partial charge in [0.05, 0.1) is 0 Å². The molecule has 0 saturated carbocycles. The molecular formula is C16H27NO4Si. The zero-order chi connectivity index (χ0) is 16.3. The zero-order valence-electron chi connectivity index (χ0n) is 13.8. The molecule has 5 nitrogen and oxygen atoms in total. The van der Waals surface area contributed by atoms with Crippen LogP contribution < -0.4 is 5.32 Å². The van der Waals surface area contributed by atoms with E-state index in [0.29, 0.717) is 38.0 Å². The van der Waals surface area contributed by atoms with Gasteiger partial charge in [0.15, 0.2) is 0 Å². The third-order valence-corrected chi connectivity index (χ3v) is 6.23. The standard InChI is InChI=1S/C16H27NO4Si/c1-4-19-22(20-5-2,21-6-3)14-10-13-17-16(18)15-11-8-7-9-12-15/h7-9,11-12H,4-6,10,13-14H2,1-3H3,(H,17,18). The first-order valence-corrected chi connectivity index (χ1v) is 9.85. The second kappa shape index (κ2) is 10.5. The van der Waals surface area contributed by atoms with E-state index in [1.165, 1.54) is 0 Å². The lowest BCUT2D eigenvalue weighted by Gasteiger charge is -2.28. The first kappa shape index (κ1) is 18.8. The molecule has 0 aromatic heterocycles. The predicted octanol–water partition coefficient (Wildman–Crippen LogP) is 2.85. The van der Waals surface area contributed by atoms with Gasteiger partial charge in [0.1, 0.15) is 0 Å². The molecule has 1 amide bonds. The molecule has 0 radical (unpaired) electrons. The van der Waals surface area contributed by atoms with Crippen molar-refractivity contribution in [2.24, 2.45) is 0 Å². The third-order valence-electron chi connectivity index (χ3n) is 3.07. The molecule has 0 fully saturated rings. The van der Waals surface area contributed by atoms with E-state index < -0.39 is 8.80 Å². The molecule has 124 valence electrons. The van der Waals surface area contributed by atoms with E-state index in [9.17, 15) is 4.79 Å². The quantitative estimate of drug-likeness (QED) is 0.502. The van der Waals surface area contributed by atoms with Gasteiger partial charge in [-0.3, -0.25) is 4.79 Å². The lowest BCUT2D eigenvalue weighted by molar-refractivity contribution is 0.0705. The number of carbonyl (C=O) groups excluding carboxylic acids is 1. The average molecular weight is 325 g/mol. The van der Waals surface area contributed by atoms with Crippen molar-refractivity contribution in [2.75, 3.05) is 26.4 Å². The summed E-state index contributed by atoms with van der Waals surface area (Å²) in [6.07, 6.45) is 0.769. The number of benzene rings is 1. The van der Waals surface area contributed by atoms with Crippen LogP contribution in [-0.2, 0) is 13.3 Å². The summed E-state index contributed by atoms with van der Waals surface area (Å²) >= 11 is 0. The number of nitrogens with one attached hydrogen (secondary N) is 1. The Balaban J connectivity index is 2.43. The van der Waals surface area contributed by atoms with E-state index in [1.54, 1.807) is 12.1 Å². The van der Waals surface area contributed by atoms with E-state index in [2.05, 4.69) is 5.32 Å². The van der Waals surface area contributed by atoms with E-state index in [-0.39, 0.29) is 5.91 Å². The Kier molecular flexibility index (Phi) is 8.99. The first-order valence-electron chi connectivity index (χ1n) is 7.92. The van der Waals surface area contributed by atoms with Crippen LogP contribution >= 0.6 is 0 Å². The molecule has 0 unspecified atom stereocenters. The van der Waals surface area contributed by atoms with Crippen LogP contribution in [0.5, 0.6) is 0 Å². The third kappa shape index (κ3) is 6.27. The molecule has 0 saturated heterocycles. The molecule has 1 aromatic carbocycles. The molecule has 0 atom stereocenters. The summed E-state index contributed by atoms with van der Waals surface area (Å²) < 4.78 is 17.4. The minimum Gasteiger partial charge on any atom is -0.374 e. The van der Waals surface area contributed by atoms with Gasteiger partial charge < -0.3 is 18.6 Å². The number of amides is 1. The van der Waals surface area contributed by atoms with Crippen molar-refractivity contribution in [3.8, 4) is 0 Å². The predicted molar refractivity (Wildman–Crippen MR) is 88.8 cm³/mol. The second-order valence-electron chi connectivity index (χ2n) is 4.71. The summed E-state index contributed by atoms with van der Waals surface area (Å²) in [5, 5.41) is 2.91. The fourth-order valence-corrected chi connectivity index (χ4v) is 4.81. The molecule has 1 N–H and O–H groups in total. The maximum absolute atomic E-state index is 12.0. The van der Waals surface area contributed by atoms with Gasteiger partial charge in [-0.25, -0.2) is 0 Å². The lowest BCUT2D eigenvalue weighted by Crippen LogP contribution is -2.46. The van der Waals surface area contributed by atoms with Crippen LogP contribution in [0.1, 0.15) is 37.6 Å². The molecule has 0 aliphatic rings.